The second-order valence-corrected chi connectivity index (χ2v) is 4.73. The van der Waals surface area contributed by atoms with Crippen molar-refractivity contribution < 1.29 is 4.74 Å². The Morgan fingerprint density at radius 3 is 2.58 bits per heavy atom. The number of halogens is 1. The molecule has 19 heavy (non-hydrogen) atoms. The van der Waals surface area contributed by atoms with E-state index in [-0.39, 0.29) is 17.0 Å². The van der Waals surface area contributed by atoms with Gasteiger partial charge in [0.15, 0.2) is 0 Å². The summed E-state index contributed by atoms with van der Waals surface area (Å²) < 4.78 is 5.31. The van der Waals surface area contributed by atoms with E-state index in [0.717, 1.165) is 12.2 Å². The van der Waals surface area contributed by atoms with Crippen molar-refractivity contribution in [2.45, 2.75) is 12.3 Å². The van der Waals surface area contributed by atoms with Gasteiger partial charge in [-0.15, -0.1) is 17.0 Å². The lowest BCUT2D eigenvalue weighted by molar-refractivity contribution is 0.414. The van der Waals surface area contributed by atoms with Crippen molar-refractivity contribution in [3.63, 3.8) is 0 Å². The number of benzene rings is 2. The molecule has 2 N–H and O–H groups in total. The van der Waals surface area contributed by atoms with Gasteiger partial charge in [0.25, 0.3) is 0 Å². The minimum atomic E-state index is 0. The molecule has 1 atom stereocenters. The van der Waals surface area contributed by atoms with E-state index >= 15 is 0 Å². The zero-order chi connectivity index (χ0) is 12.5. The number of hydrogen-bond acceptors (Lipinski definition) is 2. The number of methoxy groups -OCH3 is 1. The molecule has 2 nitrogen and oxygen atoms in total. The second kappa shape index (κ2) is 5.76. The summed E-state index contributed by atoms with van der Waals surface area (Å²) in [5, 5.41) is 0. The van der Waals surface area contributed by atoms with Gasteiger partial charge in [-0.1, -0.05) is 30.3 Å². The molecule has 0 saturated heterocycles. The molecule has 100 valence electrons. The number of hydrogen-bond donors (Lipinski definition) is 1. The molecule has 0 bridgehead atoms. The molecule has 1 aliphatic rings. The van der Waals surface area contributed by atoms with Crippen LogP contribution in [-0.2, 0) is 6.42 Å². The molecule has 0 amide bonds. The van der Waals surface area contributed by atoms with Crippen LogP contribution >= 0.6 is 17.0 Å². The highest BCUT2D eigenvalue weighted by atomic mass is 79.9. The van der Waals surface area contributed by atoms with Gasteiger partial charge in [0.2, 0.25) is 0 Å². The largest absolute Gasteiger partial charge is 0.497 e. The van der Waals surface area contributed by atoms with E-state index in [2.05, 4.69) is 36.4 Å². The van der Waals surface area contributed by atoms with Crippen LogP contribution in [0.1, 0.15) is 28.2 Å². The molecule has 1 unspecified atom stereocenters. The summed E-state index contributed by atoms with van der Waals surface area (Å²) in [6.07, 6.45) is 0.971. The molecule has 0 radical (unpaired) electrons. The lowest BCUT2D eigenvalue weighted by Gasteiger charge is -2.27. The van der Waals surface area contributed by atoms with Crippen molar-refractivity contribution in [3.8, 4) is 5.75 Å². The fourth-order valence-electron chi connectivity index (χ4n) is 2.86. The summed E-state index contributed by atoms with van der Waals surface area (Å²) in [6, 6.07) is 14.9. The van der Waals surface area contributed by atoms with Gasteiger partial charge in [0.1, 0.15) is 5.75 Å². The Kier molecular flexibility index (Phi) is 4.27. The third-order valence-electron chi connectivity index (χ3n) is 3.77. The van der Waals surface area contributed by atoms with Crippen LogP contribution in [0.25, 0.3) is 0 Å². The van der Waals surface area contributed by atoms with Gasteiger partial charge in [-0.3, -0.25) is 0 Å². The van der Waals surface area contributed by atoms with Crippen molar-refractivity contribution in [3.05, 3.63) is 64.7 Å². The molecule has 2 aromatic rings. The Hall–Kier alpha value is -1.32. The standard InChI is InChI=1S/C16H17NO.BrH/c1-18-13-6-7-15-12(9-13)8-11-4-2-3-5-14(11)16(15)10-17;/h2-7,9,16H,8,10,17H2,1H3;1H. The minimum absolute atomic E-state index is 0. The summed E-state index contributed by atoms with van der Waals surface area (Å²) in [6.45, 7) is 0.649. The van der Waals surface area contributed by atoms with Crippen molar-refractivity contribution in [2.24, 2.45) is 5.73 Å². The highest BCUT2D eigenvalue weighted by molar-refractivity contribution is 8.93. The van der Waals surface area contributed by atoms with Crippen molar-refractivity contribution >= 4 is 17.0 Å². The lowest BCUT2D eigenvalue weighted by Crippen LogP contribution is -2.20. The average molecular weight is 320 g/mol. The maximum absolute atomic E-state index is 5.97. The highest BCUT2D eigenvalue weighted by Crippen LogP contribution is 2.37. The van der Waals surface area contributed by atoms with Gasteiger partial charge in [-0.25, -0.2) is 0 Å². The first-order valence-electron chi connectivity index (χ1n) is 6.28. The predicted molar refractivity (Wildman–Crippen MR) is 83.5 cm³/mol. The van der Waals surface area contributed by atoms with Crippen LogP contribution in [0.15, 0.2) is 42.5 Å². The molecule has 3 heteroatoms. The first kappa shape index (κ1) is 14.1. The summed E-state index contributed by atoms with van der Waals surface area (Å²) in [5.74, 6) is 1.24. The van der Waals surface area contributed by atoms with Gasteiger partial charge in [-0.2, -0.15) is 0 Å². The first-order valence-corrected chi connectivity index (χ1v) is 6.28. The molecule has 0 aromatic heterocycles. The van der Waals surface area contributed by atoms with Crippen LogP contribution < -0.4 is 10.5 Å². The zero-order valence-corrected chi connectivity index (χ0v) is 12.6. The zero-order valence-electron chi connectivity index (χ0n) is 10.9. The fourth-order valence-corrected chi connectivity index (χ4v) is 2.86. The maximum Gasteiger partial charge on any atom is 0.119 e. The van der Waals surface area contributed by atoms with Gasteiger partial charge < -0.3 is 10.5 Å². The van der Waals surface area contributed by atoms with Crippen molar-refractivity contribution in [1.29, 1.82) is 0 Å². The van der Waals surface area contributed by atoms with Crippen LogP contribution in [0.2, 0.25) is 0 Å². The third-order valence-corrected chi connectivity index (χ3v) is 3.77. The Balaban J connectivity index is 0.00000133. The highest BCUT2D eigenvalue weighted by Gasteiger charge is 2.24. The van der Waals surface area contributed by atoms with Gasteiger partial charge in [-0.05, 0) is 40.8 Å². The van der Waals surface area contributed by atoms with E-state index in [9.17, 15) is 0 Å². The maximum atomic E-state index is 5.97. The minimum Gasteiger partial charge on any atom is -0.497 e. The Bertz CT molecular complexity index is 583. The normalized spacial score (nSPS) is 16.0. The quantitative estimate of drug-likeness (QED) is 0.922. The summed E-state index contributed by atoms with van der Waals surface area (Å²) in [4.78, 5) is 0. The van der Waals surface area contributed by atoms with Crippen LogP contribution in [-0.4, -0.2) is 13.7 Å². The molecule has 2 aromatic carbocycles. The van der Waals surface area contributed by atoms with Gasteiger partial charge in [0, 0.05) is 12.5 Å². The monoisotopic (exact) mass is 319 g/mol. The summed E-state index contributed by atoms with van der Waals surface area (Å²) in [7, 11) is 1.71. The van der Waals surface area contributed by atoms with Gasteiger partial charge >= 0.3 is 0 Å². The fraction of sp³-hybridized carbons (Fsp3) is 0.250. The molecule has 0 saturated carbocycles. The van der Waals surface area contributed by atoms with E-state index in [1.807, 2.05) is 6.07 Å². The smallest absolute Gasteiger partial charge is 0.119 e. The van der Waals surface area contributed by atoms with E-state index < -0.39 is 0 Å². The molecule has 0 heterocycles. The van der Waals surface area contributed by atoms with E-state index in [0.29, 0.717) is 12.5 Å². The number of nitrogens with two attached hydrogens (primary N) is 1. The Labute approximate surface area is 124 Å². The lowest BCUT2D eigenvalue weighted by atomic mass is 9.78. The van der Waals surface area contributed by atoms with Crippen LogP contribution in [0.3, 0.4) is 0 Å². The summed E-state index contributed by atoms with van der Waals surface area (Å²) in [5.41, 5.74) is 11.4. The topological polar surface area (TPSA) is 35.2 Å². The molecular weight excluding hydrogens is 302 g/mol. The molecule has 0 spiro atoms. The average Bonchev–Trinajstić information content (AvgIpc) is 2.44. The van der Waals surface area contributed by atoms with Crippen LogP contribution in [0.4, 0.5) is 0 Å². The van der Waals surface area contributed by atoms with Crippen molar-refractivity contribution in [1.82, 2.24) is 0 Å². The Morgan fingerprint density at radius 2 is 1.84 bits per heavy atom. The van der Waals surface area contributed by atoms with Crippen LogP contribution in [0.5, 0.6) is 5.75 Å². The molecule has 3 rings (SSSR count). The number of rotatable bonds is 2. The second-order valence-electron chi connectivity index (χ2n) is 4.73. The molecule has 0 aliphatic heterocycles. The van der Waals surface area contributed by atoms with E-state index in [4.69, 9.17) is 10.5 Å². The predicted octanol–water partition coefficient (Wildman–Crippen LogP) is 3.27. The van der Waals surface area contributed by atoms with Crippen LogP contribution in [0, 0.1) is 0 Å². The molecule has 1 aliphatic carbocycles. The Morgan fingerprint density at radius 1 is 1.11 bits per heavy atom. The van der Waals surface area contributed by atoms with E-state index in [1.54, 1.807) is 7.11 Å². The van der Waals surface area contributed by atoms with E-state index in [1.165, 1.54) is 22.3 Å². The molecular formula is C16H18BrNO. The number of ether oxygens (including phenoxy) is 1. The molecule has 0 fully saturated rings. The number of fused-ring (bicyclic) bond motifs is 2. The van der Waals surface area contributed by atoms with Crippen molar-refractivity contribution in [2.75, 3.05) is 13.7 Å². The van der Waals surface area contributed by atoms with Gasteiger partial charge in [0.05, 0.1) is 7.11 Å². The summed E-state index contributed by atoms with van der Waals surface area (Å²) >= 11 is 0. The SMILES string of the molecule is Br.COc1ccc2c(c1)Cc1ccccc1C2CN. The first-order chi connectivity index (χ1) is 8.83. The third kappa shape index (κ3) is 2.40.